The van der Waals surface area contributed by atoms with E-state index in [1.54, 1.807) is 48.0 Å². The van der Waals surface area contributed by atoms with Gasteiger partial charge in [0.1, 0.15) is 11.6 Å². The van der Waals surface area contributed by atoms with Gasteiger partial charge in [-0.25, -0.2) is 4.39 Å². The van der Waals surface area contributed by atoms with Gasteiger partial charge in [-0.1, -0.05) is 29.8 Å². The predicted octanol–water partition coefficient (Wildman–Crippen LogP) is 4.60. The molecule has 0 aliphatic carbocycles. The van der Waals surface area contributed by atoms with Gasteiger partial charge in [-0.05, 0) is 38.1 Å². The van der Waals surface area contributed by atoms with Crippen LogP contribution in [0.5, 0.6) is 5.75 Å². The maximum atomic E-state index is 14.1. The van der Waals surface area contributed by atoms with Crippen molar-refractivity contribution < 1.29 is 13.9 Å². The number of carbonyl (C=O) groups is 1. The van der Waals surface area contributed by atoms with Crippen LogP contribution in [0.2, 0.25) is 5.02 Å². The largest absolute Gasteiger partial charge is 0.496 e. The maximum absolute atomic E-state index is 14.1. The Morgan fingerprint density at radius 2 is 1.96 bits per heavy atom. The number of halogens is 2. The molecule has 140 valence electrons. The molecule has 3 aromatic rings. The van der Waals surface area contributed by atoms with Gasteiger partial charge in [0.25, 0.3) is 5.91 Å². The Labute approximate surface area is 161 Å². The first kappa shape index (κ1) is 18.9. The average Bonchev–Trinajstić information content (AvgIpc) is 2.92. The molecular formula is C20H19ClFN3O2. The lowest BCUT2D eigenvalue weighted by Crippen LogP contribution is -2.14. The van der Waals surface area contributed by atoms with E-state index in [4.69, 9.17) is 16.3 Å². The minimum Gasteiger partial charge on any atom is -0.496 e. The smallest absolute Gasteiger partial charge is 0.259 e. The second kappa shape index (κ2) is 7.80. The second-order valence-electron chi connectivity index (χ2n) is 6.06. The summed E-state index contributed by atoms with van der Waals surface area (Å²) in [7, 11) is 1.51. The van der Waals surface area contributed by atoms with Crippen LogP contribution in [-0.2, 0) is 6.54 Å². The van der Waals surface area contributed by atoms with Gasteiger partial charge in [-0.3, -0.25) is 9.48 Å². The third kappa shape index (κ3) is 3.80. The zero-order valence-corrected chi connectivity index (χ0v) is 16.0. The van der Waals surface area contributed by atoms with Crippen molar-refractivity contribution in [2.45, 2.75) is 20.4 Å². The molecule has 3 rings (SSSR count). The van der Waals surface area contributed by atoms with E-state index in [-0.39, 0.29) is 12.5 Å². The highest BCUT2D eigenvalue weighted by Crippen LogP contribution is 2.26. The standard InChI is InChI=1S/C20H19ClFN3O2/c1-12-19(23-20(26)14-7-4-5-10-18(14)27-3)13(2)25(24-12)11-15-16(21)8-6-9-17(15)22/h4-10H,11H2,1-3H3,(H,23,26). The molecule has 0 spiro atoms. The Kier molecular flexibility index (Phi) is 5.46. The summed E-state index contributed by atoms with van der Waals surface area (Å²) >= 11 is 6.11. The van der Waals surface area contributed by atoms with Crippen LogP contribution in [0.1, 0.15) is 27.3 Å². The molecule has 0 saturated carbocycles. The van der Waals surface area contributed by atoms with E-state index in [1.165, 1.54) is 13.2 Å². The Balaban J connectivity index is 1.89. The number of nitrogens with zero attached hydrogens (tertiary/aromatic N) is 2. The highest BCUT2D eigenvalue weighted by Gasteiger charge is 2.19. The number of nitrogens with one attached hydrogen (secondary N) is 1. The lowest BCUT2D eigenvalue weighted by atomic mass is 10.1. The van der Waals surface area contributed by atoms with E-state index < -0.39 is 5.82 Å². The number of hydrogen-bond acceptors (Lipinski definition) is 3. The number of aryl methyl sites for hydroxylation is 1. The third-order valence-corrected chi connectivity index (χ3v) is 4.70. The minimum atomic E-state index is -0.394. The number of hydrogen-bond donors (Lipinski definition) is 1. The quantitative estimate of drug-likeness (QED) is 0.696. The fraction of sp³-hybridized carbons (Fsp3) is 0.200. The molecule has 0 fully saturated rings. The molecule has 1 amide bonds. The van der Waals surface area contributed by atoms with Crippen molar-refractivity contribution in [1.29, 1.82) is 0 Å². The Morgan fingerprint density at radius 1 is 1.22 bits per heavy atom. The van der Waals surface area contributed by atoms with E-state index in [9.17, 15) is 9.18 Å². The first-order chi connectivity index (χ1) is 12.9. The number of rotatable bonds is 5. The van der Waals surface area contributed by atoms with Crippen molar-refractivity contribution >= 4 is 23.2 Å². The molecule has 0 saturated heterocycles. The number of ether oxygens (including phenoxy) is 1. The summed E-state index contributed by atoms with van der Waals surface area (Å²) in [5, 5.41) is 7.63. The normalized spacial score (nSPS) is 10.7. The number of benzene rings is 2. The van der Waals surface area contributed by atoms with Crippen molar-refractivity contribution in [3.05, 3.63) is 75.8 Å². The van der Waals surface area contributed by atoms with E-state index in [0.717, 1.165) is 0 Å². The first-order valence-corrected chi connectivity index (χ1v) is 8.71. The molecule has 0 bridgehead atoms. The average molecular weight is 388 g/mol. The molecule has 2 aromatic carbocycles. The molecule has 0 unspecified atom stereocenters. The highest BCUT2D eigenvalue weighted by molar-refractivity contribution is 6.31. The summed E-state index contributed by atoms with van der Waals surface area (Å²) in [5.41, 5.74) is 2.69. The van der Waals surface area contributed by atoms with Crippen LogP contribution >= 0.6 is 11.6 Å². The zero-order valence-electron chi connectivity index (χ0n) is 15.2. The van der Waals surface area contributed by atoms with Crippen molar-refractivity contribution in [1.82, 2.24) is 9.78 Å². The summed E-state index contributed by atoms with van der Waals surface area (Å²) in [5.74, 6) is -0.215. The van der Waals surface area contributed by atoms with Crippen LogP contribution in [0.25, 0.3) is 0 Å². The van der Waals surface area contributed by atoms with Gasteiger partial charge in [0.15, 0.2) is 0 Å². The fourth-order valence-electron chi connectivity index (χ4n) is 2.88. The summed E-state index contributed by atoms with van der Waals surface area (Å²) in [6, 6.07) is 11.5. The van der Waals surface area contributed by atoms with E-state index >= 15 is 0 Å². The topological polar surface area (TPSA) is 56.1 Å². The molecule has 27 heavy (non-hydrogen) atoms. The van der Waals surface area contributed by atoms with Gasteiger partial charge >= 0.3 is 0 Å². The monoisotopic (exact) mass is 387 g/mol. The third-order valence-electron chi connectivity index (χ3n) is 4.34. The van der Waals surface area contributed by atoms with Gasteiger partial charge in [-0.15, -0.1) is 0 Å². The second-order valence-corrected chi connectivity index (χ2v) is 6.47. The number of amides is 1. The number of carbonyl (C=O) groups excluding carboxylic acids is 1. The highest BCUT2D eigenvalue weighted by atomic mass is 35.5. The zero-order chi connectivity index (χ0) is 19.6. The summed E-state index contributed by atoms with van der Waals surface area (Å²) in [6.45, 7) is 3.76. The molecule has 0 atom stereocenters. The summed E-state index contributed by atoms with van der Waals surface area (Å²) in [4.78, 5) is 12.7. The van der Waals surface area contributed by atoms with Crippen LogP contribution in [-0.4, -0.2) is 22.8 Å². The van der Waals surface area contributed by atoms with Crippen LogP contribution in [0.3, 0.4) is 0 Å². The van der Waals surface area contributed by atoms with Gasteiger partial charge in [0, 0.05) is 10.6 Å². The Hall–Kier alpha value is -2.86. The van der Waals surface area contributed by atoms with Crippen LogP contribution in [0, 0.1) is 19.7 Å². The lowest BCUT2D eigenvalue weighted by Gasteiger charge is -2.10. The van der Waals surface area contributed by atoms with Crippen LogP contribution < -0.4 is 10.1 Å². The van der Waals surface area contributed by atoms with Crippen molar-refractivity contribution in [2.75, 3.05) is 12.4 Å². The van der Waals surface area contributed by atoms with Crippen LogP contribution in [0.4, 0.5) is 10.1 Å². The van der Waals surface area contributed by atoms with E-state index in [0.29, 0.717) is 39.0 Å². The maximum Gasteiger partial charge on any atom is 0.259 e. The van der Waals surface area contributed by atoms with Gasteiger partial charge in [-0.2, -0.15) is 5.10 Å². The first-order valence-electron chi connectivity index (χ1n) is 8.33. The molecule has 0 aliphatic heterocycles. The minimum absolute atomic E-state index is 0.169. The van der Waals surface area contributed by atoms with Crippen molar-refractivity contribution in [3.63, 3.8) is 0 Å². The molecule has 5 nitrogen and oxygen atoms in total. The molecular weight excluding hydrogens is 369 g/mol. The predicted molar refractivity (Wildman–Crippen MR) is 103 cm³/mol. The van der Waals surface area contributed by atoms with Gasteiger partial charge in [0.2, 0.25) is 0 Å². The number of para-hydroxylation sites is 1. The molecule has 1 N–H and O–H groups in total. The Bertz CT molecular complexity index is 981. The van der Waals surface area contributed by atoms with Crippen LogP contribution in [0.15, 0.2) is 42.5 Å². The molecule has 0 radical (unpaired) electrons. The Morgan fingerprint density at radius 3 is 2.67 bits per heavy atom. The molecule has 7 heteroatoms. The van der Waals surface area contributed by atoms with E-state index in [2.05, 4.69) is 10.4 Å². The molecule has 1 heterocycles. The fourth-order valence-corrected chi connectivity index (χ4v) is 3.10. The van der Waals surface area contributed by atoms with Crippen molar-refractivity contribution in [2.24, 2.45) is 0 Å². The van der Waals surface area contributed by atoms with Gasteiger partial charge in [0.05, 0.1) is 36.3 Å². The molecule has 1 aromatic heterocycles. The van der Waals surface area contributed by atoms with Gasteiger partial charge < -0.3 is 10.1 Å². The number of aromatic nitrogens is 2. The number of anilines is 1. The SMILES string of the molecule is COc1ccccc1C(=O)Nc1c(C)nn(Cc2c(F)cccc2Cl)c1C. The lowest BCUT2D eigenvalue weighted by molar-refractivity contribution is 0.102. The molecule has 0 aliphatic rings. The van der Waals surface area contributed by atoms with E-state index in [1.807, 2.05) is 6.92 Å². The summed E-state index contributed by atoms with van der Waals surface area (Å²) < 4.78 is 20.9. The number of methoxy groups -OCH3 is 1. The summed E-state index contributed by atoms with van der Waals surface area (Å²) in [6.07, 6.45) is 0. The van der Waals surface area contributed by atoms with Crippen molar-refractivity contribution in [3.8, 4) is 5.75 Å².